The molecule has 7 nitrogen and oxygen atoms in total. The van der Waals surface area contributed by atoms with Gasteiger partial charge in [0.25, 0.3) is 0 Å². The van der Waals surface area contributed by atoms with Crippen molar-refractivity contribution in [1.82, 2.24) is 19.4 Å². The van der Waals surface area contributed by atoms with E-state index in [0.29, 0.717) is 6.54 Å². The van der Waals surface area contributed by atoms with Crippen LogP contribution in [0.15, 0.2) is 43.0 Å². The molecule has 1 fully saturated rings. The maximum atomic E-state index is 12.8. The van der Waals surface area contributed by atoms with E-state index in [0.717, 1.165) is 54.2 Å². The lowest BCUT2D eigenvalue weighted by Gasteiger charge is -2.36. The Hall–Kier alpha value is -3.09. The quantitative estimate of drug-likeness (QED) is 0.736. The Kier molecular flexibility index (Phi) is 6.69. The van der Waals surface area contributed by atoms with Gasteiger partial charge in [-0.05, 0) is 30.7 Å². The van der Waals surface area contributed by atoms with Crippen LogP contribution in [0.5, 0.6) is 0 Å². The number of rotatable bonds is 4. The van der Waals surface area contributed by atoms with Gasteiger partial charge in [-0.25, -0.2) is 4.98 Å². The van der Waals surface area contributed by atoms with Crippen LogP contribution in [0.3, 0.4) is 0 Å². The van der Waals surface area contributed by atoms with Gasteiger partial charge >= 0.3 is 0 Å². The van der Waals surface area contributed by atoms with Gasteiger partial charge in [0.05, 0.1) is 17.4 Å². The largest absolute Gasteiger partial charge is 0.373 e. The van der Waals surface area contributed by atoms with E-state index in [2.05, 4.69) is 33.2 Å². The summed E-state index contributed by atoms with van der Waals surface area (Å²) < 4.78 is 2.03. The molecule has 29 heavy (non-hydrogen) atoms. The Morgan fingerprint density at radius 2 is 1.86 bits per heavy atom. The molecular weight excluding hydrogens is 364 g/mol. The summed E-state index contributed by atoms with van der Waals surface area (Å²) >= 11 is 0. The molecule has 0 bridgehead atoms. The molecule has 0 aliphatic carbocycles. The first-order valence-corrected chi connectivity index (χ1v) is 10.2. The third kappa shape index (κ3) is 4.50. The van der Waals surface area contributed by atoms with Crippen molar-refractivity contribution in [1.29, 1.82) is 0 Å². The number of piperazine rings is 1. The maximum Gasteiger partial charge on any atom is 0.242 e. The van der Waals surface area contributed by atoms with Crippen molar-refractivity contribution in [2.24, 2.45) is 0 Å². The minimum Gasteiger partial charge on any atom is -0.373 e. The highest BCUT2D eigenvalue weighted by Gasteiger charge is 2.22. The fourth-order valence-electron chi connectivity index (χ4n) is 3.63. The second kappa shape index (κ2) is 9.41. The number of nitrogens with one attached hydrogen (secondary N) is 1. The topological polar surface area (TPSA) is 66.3 Å². The number of carbonyl (C=O) groups excluding carboxylic acids is 1. The molecule has 4 rings (SSSR count). The van der Waals surface area contributed by atoms with Crippen LogP contribution in [0.1, 0.15) is 19.4 Å². The van der Waals surface area contributed by atoms with E-state index in [9.17, 15) is 4.79 Å². The second-order valence-corrected chi connectivity index (χ2v) is 6.85. The number of aromatic nitrogens is 3. The first-order chi connectivity index (χ1) is 14.2. The average molecular weight is 395 g/mol. The first kappa shape index (κ1) is 20.6. The van der Waals surface area contributed by atoms with E-state index in [4.69, 9.17) is 0 Å². The zero-order valence-corrected chi connectivity index (χ0v) is 17.7. The normalized spacial score (nSPS) is 13.8. The molecule has 0 unspecified atom stereocenters. The van der Waals surface area contributed by atoms with Gasteiger partial charge in [-0.1, -0.05) is 13.8 Å². The van der Waals surface area contributed by atoms with Gasteiger partial charge in [0.1, 0.15) is 12.4 Å². The molecule has 1 saturated heterocycles. The van der Waals surface area contributed by atoms with E-state index < -0.39 is 0 Å². The van der Waals surface area contributed by atoms with Gasteiger partial charge in [0.15, 0.2) is 0 Å². The molecule has 1 aliphatic heterocycles. The number of pyridine rings is 2. The van der Waals surface area contributed by atoms with Crippen molar-refractivity contribution in [3.63, 3.8) is 0 Å². The number of hydrogen-bond donors (Lipinski definition) is 1. The van der Waals surface area contributed by atoms with E-state index in [1.54, 1.807) is 6.20 Å². The third-order valence-electron chi connectivity index (χ3n) is 5.19. The molecule has 1 aliphatic rings. The Labute approximate surface area is 172 Å². The molecular formula is C22H30N6O. The molecule has 1 N–H and O–H groups in total. The number of carbonyl (C=O) groups is 1. The molecule has 3 aromatic rings. The van der Waals surface area contributed by atoms with E-state index in [-0.39, 0.29) is 5.91 Å². The lowest BCUT2D eigenvalue weighted by Crippen LogP contribution is -2.49. The van der Waals surface area contributed by atoms with Crippen LogP contribution in [0.4, 0.5) is 11.5 Å². The van der Waals surface area contributed by atoms with Crippen LogP contribution in [-0.2, 0) is 11.3 Å². The van der Waals surface area contributed by atoms with Crippen molar-refractivity contribution in [2.75, 3.05) is 43.4 Å². The summed E-state index contributed by atoms with van der Waals surface area (Å²) in [6, 6.07) is 6.01. The lowest BCUT2D eigenvalue weighted by atomic mass is 10.2. The Morgan fingerprint density at radius 3 is 2.52 bits per heavy atom. The molecule has 0 spiro atoms. The molecule has 3 aromatic heterocycles. The minimum absolute atomic E-state index is 0.159. The number of aryl methyl sites for hydroxylation is 1. The van der Waals surface area contributed by atoms with Crippen molar-refractivity contribution < 1.29 is 4.79 Å². The Balaban J connectivity index is 0.00000117. The molecule has 0 radical (unpaired) electrons. The van der Waals surface area contributed by atoms with Gasteiger partial charge in [-0.3, -0.25) is 9.78 Å². The number of nitrogens with zero attached hydrogens (tertiary/aromatic N) is 5. The predicted molar refractivity (Wildman–Crippen MR) is 118 cm³/mol. The van der Waals surface area contributed by atoms with Crippen molar-refractivity contribution >= 4 is 28.3 Å². The monoisotopic (exact) mass is 394 g/mol. The van der Waals surface area contributed by atoms with Crippen molar-refractivity contribution in [3.8, 4) is 0 Å². The van der Waals surface area contributed by atoms with Crippen LogP contribution >= 0.6 is 0 Å². The third-order valence-corrected chi connectivity index (χ3v) is 5.19. The van der Waals surface area contributed by atoms with Gasteiger partial charge in [0.2, 0.25) is 5.91 Å². The molecule has 0 atom stereocenters. The summed E-state index contributed by atoms with van der Waals surface area (Å²) in [6.07, 6.45) is 7.55. The molecule has 7 heteroatoms. The highest BCUT2D eigenvalue weighted by molar-refractivity contribution is 5.85. The predicted octanol–water partition coefficient (Wildman–Crippen LogP) is 3.16. The van der Waals surface area contributed by atoms with Crippen molar-refractivity contribution in [2.45, 2.75) is 27.3 Å². The summed E-state index contributed by atoms with van der Waals surface area (Å²) in [4.78, 5) is 25.6. The summed E-state index contributed by atoms with van der Waals surface area (Å²) in [5.41, 5.74) is 3.30. The van der Waals surface area contributed by atoms with Crippen LogP contribution in [0, 0.1) is 6.92 Å². The number of hydrogen-bond acceptors (Lipinski definition) is 5. The molecule has 0 aromatic carbocycles. The maximum absolute atomic E-state index is 12.8. The lowest BCUT2D eigenvalue weighted by molar-refractivity contribution is -0.132. The fraction of sp³-hybridized carbons (Fsp3) is 0.409. The van der Waals surface area contributed by atoms with Gasteiger partial charge in [-0.15, -0.1) is 0 Å². The summed E-state index contributed by atoms with van der Waals surface area (Å²) in [5, 5.41) is 4.13. The SMILES string of the molecule is CC.CNc1ccc(N2CCN(C(=O)Cn3cc(C)c4cnccc43)CC2)cn1. The van der Waals surface area contributed by atoms with Crippen LogP contribution in [0.2, 0.25) is 0 Å². The molecule has 4 heterocycles. The van der Waals surface area contributed by atoms with E-state index in [1.165, 1.54) is 0 Å². The van der Waals surface area contributed by atoms with Crippen molar-refractivity contribution in [3.05, 3.63) is 48.5 Å². The summed E-state index contributed by atoms with van der Waals surface area (Å²) in [5.74, 6) is 1.02. The highest BCUT2D eigenvalue weighted by atomic mass is 16.2. The van der Waals surface area contributed by atoms with Crippen LogP contribution < -0.4 is 10.2 Å². The highest BCUT2D eigenvalue weighted by Crippen LogP contribution is 2.20. The van der Waals surface area contributed by atoms with E-state index in [1.807, 2.05) is 61.1 Å². The van der Waals surface area contributed by atoms with Crippen LogP contribution in [-0.4, -0.2) is 58.6 Å². The Morgan fingerprint density at radius 1 is 1.10 bits per heavy atom. The molecule has 154 valence electrons. The Bertz CT molecular complexity index is 942. The smallest absolute Gasteiger partial charge is 0.242 e. The zero-order valence-electron chi connectivity index (χ0n) is 17.7. The average Bonchev–Trinajstić information content (AvgIpc) is 3.11. The van der Waals surface area contributed by atoms with Gasteiger partial charge < -0.3 is 19.7 Å². The number of amides is 1. The summed E-state index contributed by atoms with van der Waals surface area (Å²) in [6.45, 7) is 9.52. The molecule has 0 saturated carbocycles. The van der Waals surface area contributed by atoms with E-state index >= 15 is 0 Å². The van der Waals surface area contributed by atoms with Gasteiger partial charge in [0, 0.05) is 57.2 Å². The second-order valence-electron chi connectivity index (χ2n) is 6.85. The standard InChI is InChI=1S/C20H24N6O.C2H6/c1-15-13-26(18-5-6-22-12-17(15)18)14-20(27)25-9-7-24(8-10-25)16-3-4-19(21-2)23-11-16;1-2/h3-6,11-13H,7-10,14H2,1-2H3,(H,21,23);1-2H3. The zero-order chi connectivity index (χ0) is 20.8. The molecule has 1 amide bonds. The van der Waals surface area contributed by atoms with Gasteiger partial charge in [-0.2, -0.15) is 0 Å². The first-order valence-electron chi connectivity index (χ1n) is 10.2. The van der Waals surface area contributed by atoms with Crippen LogP contribution in [0.25, 0.3) is 10.9 Å². The summed E-state index contributed by atoms with van der Waals surface area (Å²) in [7, 11) is 1.86. The number of anilines is 2. The number of fused-ring (bicyclic) bond motifs is 1. The minimum atomic E-state index is 0.159. The fourth-order valence-corrected chi connectivity index (χ4v) is 3.63.